The molecule has 2 N–H and O–H groups in total. The number of hydrogen-bond donors (Lipinski definition) is 2. The Kier molecular flexibility index (Phi) is 9.05. The Bertz CT molecular complexity index is 1760. The Morgan fingerprint density at radius 3 is 2.40 bits per heavy atom. The van der Waals surface area contributed by atoms with Gasteiger partial charge in [0.2, 0.25) is 5.91 Å². The van der Waals surface area contributed by atoms with Gasteiger partial charge in [-0.15, -0.1) is 23.1 Å². The average Bonchev–Trinajstić information content (AvgIpc) is 3.41. The molecule has 4 aromatic carbocycles. The van der Waals surface area contributed by atoms with E-state index in [9.17, 15) is 14.4 Å². The minimum absolute atomic E-state index is 0.206. The van der Waals surface area contributed by atoms with Crippen LogP contribution < -0.4 is 10.6 Å². The molecule has 8 heteroatoms. The first-order valence-corrected chi connectivity index (χ1v) is 15.3. The molecule has 1 unspecified atom stereocenters. The van der Waals surface area contributed by atoms with Crippen molar-refractivity contribution in [3.05, 3.63) is 113 Å². The number of hydrogen-bond acceptors (Lipinski definition) is 6. The van der Waals surface area contributed by atoms with Crippen molar-refractivity contribution in [3.63, 3.8) is 0 Å². The molecule has 0 fully saturated rings. The molecular formula is C34H30N2O4S2. The Balaban J connectivity index is 1.28. The van der Waals surface area contributed by atoms with Crippen LogP contribution in [0.25, 0.3) is 21.9 Å². The van der Waals surface area contributed by atoms with E-state index in [4.69, 9.17) is 4.74 Å². The minimum Gasteiger partial charge on any atom is -0.462 e. The molecule has 0 spiro atoms. The van der Waals surface area contributed by atoms with Gasteiger partial charge in [0.25, 0.3) is 5.91 Å². The number of anilines is 2. The summed E-state index contributed by atoms with van der Waals surface area (Å²) in [5, 5.41) is 9.82. The van der Waals surface area contributed by atoms with Crippen LogP contribution in [0.5, 0.6) is 0 Å². The van der Waals surface area contributed by atoms with Crippen LogP contribution in [0.2, 0.25) is 0 Å². The van der Waals surface area contributed by atoms with Gasteiger partial charge in [-0.3, -0.25) is 9.59 Å². The lowest BCUT2D eigenvalue weighted by molar-refractivity contribution is -0.115. The van der Waals surface area contributed by atoms with Crippen LogP contribution in [-0.2, 0) is 9.53 Å². The molecule has 0 saturated carbocycles. The van der Waals surface area contributed by atoms with Crippen LogP contribution in [0.3, 0.4) is 0 Å². The molecule has 6 nitrogen and oxygen atoms in total. The van der Waals surface area contributed by atoms with E-state index < -0.39 is 11.2 Å². The van der Waals surface area contributed by atoms with Crippen molar-refractivity contribution in [2.24, 2.45) is 0 Å². The number of nitrogens with one attached hydrogen (secondary N) is 2. The number of aryl methyl sites for hydroxylation is 1. The highest BCUT2D eigenvalue weighted by atomic mass is 32.2. The highest BCUT2D eigenvalue weighted by Gasteiger charge is 2.24. The van der Waals surface area contributed by atoms with Gasteiger partial charge >= 0.3 is 5.97 Å². The number of esters is 1. The molecule has 0 aliphatic heterocycles. The van der Waals surface area contributed by atoms with Crippen molar-refractivity contribution >= 4 is 62.3 Å². The topological polar surface area (TPSA) is 84.5 Å². The molecule has 0 bridgehead atoms. The molecule has 1 atom stereocenters. The van der Waals surface area contributed by atoms with E-state index in [1.54, 1.807) is 13.8 Å². The molecule has 0 aliphatic rings. The number of fused-ring (bicyclic) bond motifs is 1. The summed E-state index contributed by atoms with van der Waals surface area (Å²) >= 11 is 2.66. The van der Waals surface area contributed by atoms with Gasteiger partial charge in [0.15, 0.2) is 0 Å². The first kappa shape index (κ1) is 29.1. The number of rotatable bonds is 9. The zero-order valence-electron chi connectivity index (χ0n) is 23.5. The molecule has 5 rings (SSSR count). The summed E-state index contributed by atoms with van der Waals surface area (Å²) in [7, 11) is 0. The normalized spacial score (nSPS) is 11.6. The summed E-state index contributed by atoms with van der Waals surface area (Å²) in [6.07, 6.45) is 0. The van der Waals surface area contributed by atoms with Gasteiger partial charge in [-0.2, -0.15) is 0 Å². The first-order valence-electron chi connectivity index (χ1n) is 13.6. The van der Waals surface area contributed by atoms with Crippen molar-refractivity contribution in [1.82, 2.24) is 0 Å². The molecule has 5 aromatic rings. The number of carbonyl (C=O) groups excluding carboxylic acids is 3. The van der Waals surface area contributed by atoms with Gasteiger partial charge in [-0.1, -0.05) is 66.2 Å². The van der Waals surface area contributed by atoms with E-state index in [0.29, 0.717) is 21.8 Å². The third-order valence-electron chi connectivity index (χ3n) is 6.66. The maximum Gasteiger partial charge on any atom is 0.341 e. The number of thioether (sulfide) groups is 1. The second kappa shape index (κ2) is 13.1. The van der Waals surface area contributed by atoms with Crippen LogP contribution in [0.1, 0.15) is 40.1 Å². The SMILES string of the molecule is CCOC(=O)c1c(-c2ccc(C)cc2)csc1NC(=O)C(C)Sc1cccc(NC(=O)c2ccc3ccccc3c2)c1. The number of carbonyl (C=O) groups is 3. The lowest BCUT2D eigenvalue weighted by Gasteiger charge is -2.14. The predicted molar refractivity (Wildman–Crippen MR) is 173 cm³/mol. The summed E-state index contributed by atoms with van der Waals surface area (Å²) in [6, 6.07) is 28.8. The van der Waals surface area contributed by atoms with Crippen molar-refractivity contribution in [1.29, 1.82) is 0 Å². The lowest BCUT2D eigenvalue weighted by Crippen LogP contribution is -2.23. The fourth-order valence-corrected chi connectivity index (χ4v) is 6.34. The van der Waals surface area contributed by atoms with E-state index in [1.165, 1.54) is 23.1 Å². The van der Waals surface area contributed by atoms with Crippen LogP contribution in [0.4, 0.5) is 10.7 Å². The largest absolute Gasteiger partial charge is 0.462 e. The van der Waals surface area contributed by atoms with Gasteiger partial charge in [-0.25, -0.2) is 4.79 Å². The Hall–Kier alpha value is -4.40. The van der Waals surface area contributed by atoms with Gasteiger partial charge in [0.05, 0.1) is 11.9 Å². The Morgan fingerprint density at radius 2 is 1.64 bits per heavy atom. The monoisotopic (exact) mass is 594 g/mol. The van der Waals surface area contributed by atoms with Crippen LogP contribution in [0, 0.1) is 6.92 Å². The van der Waals surface area contributed by atoms with Crippen molar-refractivity contribution in [2.75, 3.05) is 17.2 Å². The highest BCUT2D eigenvalue weighted by Crippen LogP contribution is 2.37. The minimum atomic E-state index is -0.476. The van der Waals surface area contributed by atoms with Gasteiger partial charge in [0, 0.05) is 27.1 Å². The molecular weight excluding hydrogens is 565 g/mol. The second-order valence-corrected chi connectivity index (χ2v) is 12.0. The second-order valence-electron chi connectivity index (χ2n) is 9.73. The summed E-state index contributed by atoms with van der Waals surface area (Å²) in [6.45, 7) is 5.79. The van der Waals surface area contributed by atoms with Crippen molar-refractivity contribution < 1.29 is 19.1 Å². The molecule has 1 aromatic heterocycles. The molecule has 0 saturated heterocycles. The van der Waals surface area contributed by atoms with Crippen molar-refractivity contribution in [2.45, 2.75) is 30.9 Å². The summed E-state index contributed by atoms with van der Waals surface area (Å²) in [5.41, 5.74) is 4.28. The quantitative estimate of drug-likeness (QED) is 0.132. The first-order chi connectivity index (χ1) is 20.3. The van der Waals surface area contributed by atoms with E-state index in [1.807, 2.05) is 103 Å². The average molecular weight is 595 g/mol. The van der Waals surface area contributed by atoms with E-state index in [0.717, 1.165) is 32.4 Å². The molecule has 212 valence electrons. The van der Waals surface area contributed by atoms with Crippen molar-refractivity contribution in [3.8, 4) is 11.1 Å². The fourth-order valence-electron chi connectivity index (χ4n) is 4.45. The number of benzene rings is 4. The Labute approximate surface area is 253 Å². The molecule has 0 aliphatic carbocycles. The Morgan fingerprint density at radius 1 is 0.881 bits per heavy atom. The lowest BCUT2D eigenvalue weighted by atomic mass is 10.0. The summed E-state index contributed by atoms with van der Waals surface area (Å²) in [5.74, 6) is -0.921. The number of ether oxygens (including phenoxy) is 1. The van der Waals surface area contributed by atoms with Crippen LogP contribution in [-0.4, -0.2) is 29.6 Å². The molecule has 0 radical (unpaired) electrons. The number of thiophene rings is 1. The summed E-state index contributed by atoms with van der Waals surface area (Å²) in [4.78, 5) is 39.9. The standard InChI is InChI=1S/C34H30N2O4S2/c1-4-40-34(39)30-29(24-14-12-21(2)13-15-24)20-41-33(30)36-31(37)22(3)42-28-11-7-10-27(19-28)35-32(38)26-17-16-23-8-5-6-9-25(23)18-26/h5-20,22H,4H2,1-3H3,(H,35,38)(H,36,37). The smallest absolute Gasteiger partial charge is 0.341 e. The maximum absolute atomic E-state index is 13.2. The zero-order chi connectivity index (χ0) is 29.6. The highest BCUT2D eigenvalue weighted by molar-refractivity contribution is 8.00. The molecule has 42 heavy (non-hydrogen) atoms. The molecule has 2 amide bonds. The fraction of sp³-hybridized carbons (Fsp3) is 0.147. The van der Waals surface area contributed by atoms with Gasteiger partial charge in [0.1, 0.15) is 10.6 Å². The third kappa shape index (κ3) is 6.73. The zero-order valence-corrected chi connectivity index (χ0v) is 25.1. The van der Waals surface area contributed by atoms with E-state index in [2.05, 4.69) is 10.6 Å². The van der Waals surface area contributed by atoms with Gasteiger partial charge in [-0.05, 0) is 67.4 Å². The van der Waals surface area contributed by atoms with Gasteiger partial charge < -0.3 is 15.4 Å². The predicted octanol–water partition coefficient (Wildman–Crippen LogP) is 8.43. The van der Waals surface area contributed by atoms with E-state index in [-0.39, 0.29) is 18.4 Å². The van der Waals surface area contributed by atoms with Crippen LogP contribution >= 0.6 is 23.1 Å². The number of amides is 2. The summed E-state index contributed by atoms with van der Waals surface area (Å²) < 4.78 is 5.33. The van der Waals surface area contributed by atoms with E-state index >= 15 is 0 Å². The third-order valence-corrected chi connectivity index (χ3v) is 8.64. The maximum atomic E-state index is 13.2. The van der Waals surface area contributed by atoms with Crippen LogP contribution in [0.15, 0.2) is 101 Å². The molecule has 1 heterocycles.